The molecule has 0 aliphatic rings. The lowest BCUT2D eigenvalue weighted by atomic mass is 10.0. The summed E-state index contributed by atoms with van der Waals surface area (Å²) in [5, 5.41) is 2.73. The lowest BCUT2D eigenvalue weighted by Gasteiger charge is -2.08. The number of carbonyl (C=O) groups is 4. The molecule has 158 valence electrons. The van der Waals surface area contributed by atoms with Gasteiger partial charge in [-0.25, -0.2) is 4.79 Å². The first kappa shape index (κ1) is 21.7. The number of carbonyl (C=O) groups excluding carboxylic acids is 4. The molecule has 3 rings (SSSR count). The zero-order valence-corrected chi connectivity index (χ0v) is 17.4. The maximum Gasteiger partial charge on any atom is 0.339 e. The Kier molecular flexibility index (Phi) is 6.45. The number of nitrogens with one attached hydrogen (secondary N) is 2. The Bertz CT molecular complexity index is 1160. The molecule has 0 bridgehead atoms. The number of benzene rings is 2. The molecule has 3 aromatic rings. The molecule has 0 unspecified atom stereocenters. The quantitative estimate of drug-likeness (QED) is 0.449. The van der Waals surface area contributed by atoms with Gasteiger partial charge >= 0.3 is 5.97 Å². The van der Waals surface area contributed by atoms with Crippen LogP contribution in [-0.2, 0) is 16.0 Å². The summed E-state index contributed by atoms with van der Waals surface area (Å²) in [6, 6.07) is 15.5. The molecule has 0 saturated heterocycles. The lowest BCUT2D eigenvalue weighted by molar-refractivity contribution is -0.115. The zero-order valence-electron chi connectivity index (χ0n) is 17.4. The van der Waals surface area contributed by atoms with E-state index in [-0.39, 0.29) is 29.2 Å². The fraction of sp³-hybridized carbons (Fsp3) is 0.167. The van der Waals surface area contributed by atoms with E-state index in [1.807, 2.05) is 6.07 Å². The molecule has 2 N–H and O–H groups in total. The molecule has 0 spiro atoms. The van der Waals surface area contributed by atoms with Gasteiger partial charge in [-0.15, -0.1) is 0 Å². The van der Waals surface area contributed by atoms with Gasteiger partial charge in [-0.05, 0) is 24.6 Å². The van der Waals surface area contributed by atoms with E-state index < -0.39 is 11.9 Å². The second-order valence-electron chi connectivity index (χ2n) is 7.03. The summed E-state index contributed by atoms with van der Waals surface area (Å²) in [6.07, 6.45) is -0.171. The average Bonchev–Trinajstić information content (AvgIpc) is 3.09. The van der Waals surface area contributed by atoms with E-state index in [1.165, 1.54) is 14.0 Å². The van der Waals surface area contributed by atoms with Gasteiger partial charge in [0.1, 0.15) is 0 Å². The predicted molar refractivity (Wildman–Crippen MR) is 116 cm³/mol. The smallest absolute Gasteiger partial charge is 0.339 e. The molecule has 1 aromatic heterocycles. The van der Waals surface area contributed by atoms with Gasteiger partial charge in [0.2, 0.25) is 5.91 Å². The third kappa shape index (κ3) is 4.78. The Labute approximate surface area is 179 Å². The molecule has 0 fully saturated rings. The summed E-state index contributed by atoms with van der Waals surface area (Å²) in [6.45, 7) is 3.00. The topological polar surface area (TPSA) is 105 Å². The number of hydrogen-bond donors (Lipinski definition) is 2. The molecule has 1 amide bonds. The summed E-state index contributed by atoms with van der Waals surface area (Å²) in [5.41, 5.74) is 2.61. The molecule has 7 nitrogen and oxygen atoms in total. The Morgan fingerprint density at radius 3 is 2.29 bits per heavy atom. The summed E-state index contributed by atoms with van der Waals surface area (Å²) in [7, 11) is 1.24. The van der Waals surface area contributed by atoms with Gasteiger partial charge in [0.25, 0.3) is 0 Å². The first-order valence-electron chi connectivity index (χ1n) is 9.62. The average molecular weight is 418 g/mol. The van der Waals surface area contributed by atoms with Gasteiger partial charge in [-0.2, -0.15) is 0 Å². The largest absolute Gasteiger partial charge is 0.465 e. The number of methoxy groups -OCH3 is 1. The molecule has 0 saturated carbocycles. The molecule has 7 heteroatoms. The number of hydrogen-bond acceptors (Lipinski definition) is 5. The van der Waals surface area contributed by atoms with Gasteiger partial charge in [0, 0.05) is 29.4 Å². The fourth-order valence-electron chi connectivity index (χ4n) is 3.38. The van der Waals surface area contributed by atoms with Crippen LogP contribution in [0.15, 0.2) is 54.6 Å². The third-order valence-electron chi connectivity index (χ3n) is 4.85. The van der Waals surface area contributed by atoms with Crippen LogP contribution in [0.4, 0.5) is 5.69 Å². The van der Waals surface area contributed by atoms with Crippen LogP contribution in [0.5, 0.6) is 0 Å². The van der Waals surface area contributed by atoms with Crippen molar-refractivity contribution in [3.05, 3.63) is 88.2 Å². The van der Waals surface area contributed by atoms with Crippen LogP contribution in [0.25, 0.3) is 0 Å². The minimum absolute atomic E-state index is 0.157. The monoisotopic (exact) mass is 418 g/mol. The summed E-state index contributed by atoms with van der Waals surface area (Å²) < 4.78 is 4.80. The van der Waals surface area contributed by atoms with Gasteiger partial charge in [-0.1, -0.05) is 42.5 Å². The number of rotatable bonds is 7. The van der Waals surface area contributed by atoms with Crippen molar-refractivity contribution in [1.82, 2.24) is 4.98 Å². The van der Waals surface area contributed by atoms with Gasteiger partial charge in [0.15, 0.2) is 11.6 Å². The number of ether oxygens (including phenoxy) is 1. The molecule has 0 aliphatic heterocycles. The maximum absolute atomic E-state index is 12.6. The number of esters is 1. The van der Waals surface area contributed by atoms with Crippen LogP contribution in [0.2, 0.25) is 0 Å². The third-order valence-corrected chi connectivity index (χ3v) is 4.85. The molecule has 0 aliphatic carbocycles. The van der Waals surface area contributed by atoms with Crippen molar-refractivity contribution in [2.45, 2.75) is 20.3 Å². The first-order chi connectivity index (χ1) is 14.8. The standard InChI is InChI=1S/C24H22N2O5/c1-14-21(24(30)31-3)19(26-22(14)15(2)27)13-20(28)25-18-11-7-10-17(12-18)23(29)16-8-5-4-6-9-16/h4-12,26H,13H2,1-3H3,(H,25,28). The minimum atomic E-state index is -0.625. The highest BCUT2D eigenvalue weighted by molar-refractivity contribution is 6.10. The van der Waals surface area contributed by atoms with Crippen LogP contribution in [0.1, 0.15) is 54.9 Å². The van der Waals surface area contributed by atoms with Crippen molar-refractivity contribution in [3.8, 4) is 0 Å². The summed E-state index contributed by atoms with van der Waals surface area (Å²) in [4.78, 5) is 52.1. The van der Waals surface area contributed by atoms with Crippen molar-refractivity contribution in [2.24, 2.45) is 0 Å². The van der Waals surface area contributed by atoms with E-state index in [9.17, 15) is 19.2 Å². The number of aromatic amines is 1. The molecule has 0 atom stereocenters. The Balaban J connectivity index is 1.81. The van der Waals surface area contributed by atoms with E-state index in [0.29, 0.717) is 28.1 Å². The highest BCUT2D eigenvalue weighted by Gasteiger charge is 2.24. The van der Waals surface area contributed by atoms with Crippen molar-refractivity contribution in [1.29, 1.82) is 0 Å². The SMILES string of the molecule is COC(=O)c1c(CC(=O)Nc2cccc(C(=O)c3ccccc3)c2)[nH]c(C(C)=O)c1C. The molecular formula is C24H22N2O5. The van der Waals surface area contributed by atoms with Crippen LogP contribution in [0.3, 0.4) is 0 Å². The van der Waals surface area contributed by atoms with E-state index in [1.54, 1.807) is 55.5 Å². The van der Waals surface area contributed by atoms with Gasteiger partial charge in [-0.3, -0.25) is 14.4 Å². The van der Waals surface area contributed by atoms with E-state index in [0.717, 1.165) is 0 Å². The highest BCUT2D eigenvalue weighted by Crippen LogP contribution is 2.21. The lowest BCUT2D eigenvalue weighted by Crippen LogP contribution is -2.17. The van der Waals surface area contributed by atoms with Crippen LogP contribution < -0.4 is 5.32 Å². The Morgan fingerprint density at radius 1 is 0.968 bits per heavy atom. The molecule has 2 aromatic carbocycles. The minimum Gasteiger partial charge on any atom is -0.465 e. The van der Waals surface area contributed by atoms with Crippen molar-refractivity contribution in [2.75, 3.05) is 12.4 Å². The number of Topliss-reactive ketones (excluding diaryl/α,β-unsaturated/α-hetero) is 1. The second kappa shape index (κ2) is 9.21. The first-order valence-corrected chi connectivity index (χ1v) is 9.62. The maximum atomic E-state index is 12.6. The number of anilines is 1. The second-order valence-corrected chi connectivity index (χ2v) is 7.03. The number of amides is 1. The predicted octanol–water partition coefficient (Wildman–Crippen LogP) is 3.72. The van der Waals surface area contributed by atoms with E-state index >= 15 is 0 Å². The molecule has 1 heterocycles. The number of H-pyrrole nitrogens is 1. The normalized spacial score (nSPS) is 10.4. The molecular weight excluding hydrogens is 396 g/mol. The van der Waals surface area contributed by atoms with Crippen molar-refractivity contribution < 1.29 is 23.9 Å². The van der Waals surface area contributed by atoms with Crippen LogP contribution in [-0.4, -0.2) is 35.5 Å². The highest BCUT2D eigenvalue weighted by atomic mass is 16.5. The fourth-order valence-corrected chi connectivity index (χ4v) is 3.38. The number of aromatic nitrogens is 1. The van der Waals surface area contributed by atoms with Gasteiger partial charge < -0.3 is 15.0 Å². The van der Waals surface area contributed by atoms with E-state index in [2.05, 4.69) is 10.3 Å². The zero-order chi connectivity index (χ0) is 22.5. The molecule has 0 radical (unpaired) electrons. The van der Waals surface area contributed by atoms with Crippen molar-refractivity contribution >= 4 is 29.1 Å². The van der Waals surface area contributed by atoms with Crippen LogP contribution in [0, 0.1) is 6.92 Å². The Morgan fingerprint density at radius 2 is 1.65 bits per heavy atom. The summed E-state index contributed by atoms with van der Waals surface area (Å²) in [5.74, 6) is -1.44. The summed E-state index contributed by atoms with van der Waals surface area (Å²) >= 11 is 0. The van der Waals surface area contributed by atoms with E-state index in [4.69, 9.17) is 4.74 Å². The number of ketones is 2. The van der Waals surface area contributed by atoms with Gasteiger partial charge in [0.05, 0.1) is 24.8 Å². The van der Waals surface area contributed by atoms with Crippen LogP contribution >= 0.6 is 0 Å². The molecule has 31 heavy (non-hydrogen) atoms. The Hall–Kier alpha value is -4.00. The van der Waals surface area contributed by atoms with Crippen molar-refractivity contribution in [3.63, 3.8) is 0 Å².